The second-order valence-corrected chi connectivity index (χ2v) is 10.5. The van der Waals surface area contributed by atoms with E-state index in [1.807, 2.05) is 66.7 Å². The SMILES string of the molecule is COc1cccc([C@H]2OC(c3ccc(OCCCO)cc3)=N[C@@]2(Cc2ccccc2)C(=O)NCCc2cc(F)cc(F)c2)c1. The molecule has 44 heavy (non-hydrogen) atoms. The average Bonchev–Trinajstić information content (AvgIpc) is 3.42. The van der Waals surface area contributed by atoms with Crippen molar-refractivity contribution in [1.82, 2.24) is 5.32 Å². The monoisotopic (exact) mass is 600 g/mol. The Balaban J connectivity index is 1.51. The fraction of sp³-hybridized carbons (Fsp3) is 0.257. The summed E-state index contributed by atoms with van der Waals surface area (Å²) >= 11 is 0. The molecule has 0 saturated carbocycles. The van der Waals surface area contributed by atoms with Crippen molar-refractivity contribution in [2.24, 2.45) is 4.99 Å². The Morgan fingerprint density at radius 1 is 0.932 bits per heavy atom. The van der Waals surface area contributed by atoms with Crippen LogP contribution in [-0.2, 0) is 22.4 Å². The van der Waals surface area contributed by atoms with E-state index in [-0.39, 0.29) is 37.8 Å². The molecule has 0 aliphatic carbocycles. The molecule has 0 spiro atoms. The van der Waals surface area contributed by atoms with Crippen molar-refractivity contribution in [3.63, 3.8) is 0 Å². The molecular weight excluding hydrogens is 566 g/mol. The summed E-state index contributed by atoms with van der Waals surface area (Å²) in [7, 11) is 1.57. The van der Waals surface area contributed by atoms with Gasteiger partial charge in [0.15, 0.2) is 11.6 Å². The van der Waals surface area contributed by atoms with Gasteiger partial charge in [-0.3, -0.25) is 4.79 Å². The maximum atomic E-state index is 14.3. The van der Waals surface area contributed by atoms with Crippen LogP contribution in [0, 0.1) is 11.6 Å². The summed E-state index contributed by atoms with van der Waals surface area (Å²) < 4.78 is 45.2. The highest BCUT2D eigenvalue weighted by atomic mass is 19.1. The van der Waals surface area contributed by atoms with Gasteiger partial charge in [-0.25, -0.2) is 13.8 Å². The lowest BCUT2D eigenvalue weighted by atomic mass is 9.82. The number of aliphatic hydroxyl groups excluding tert-OH is 1. The van der Waals surface area contributed by atoms with Crippen LogP contribution in [0.5, 0.6) is 11.5 Å². The van der Waals surface area contributed by atoms with Crippen LogP contribution in [0.4, 0.5) is 8.78 Å². The number of aliphatic hydroxyl groups is 1. The third-order valence-corrected chi connectivity index (χ3v) is 7.36. The third kappa shape index (κ3) is 7.23. The van der Waals surface area contributed by atoms with Crippen LogP contribution < -0.4 is 14.8 Å². The van der Waals surface area contributed by atoms with Gasteiger partial charge in [-0.15, -0.1) is 0 Å². The Labute approximate surface area is 255 Å². The van der Waals surface area contributed by atoms with E-state index in [4.69, 9.17) is 24.3 Å². The number of hydrogen-bond donors (Lipinski definition) is 2. The normalized spacial score (nSPS) is 17.5. The summed E-state index contributed by atoms with van der Waals surface area (Å²) in [6, 6.07) is 27.4. The molecule has 1 amide bonds. The molecule has 0 unspecified atom stereocenters. The van der Waals surface area contributed by atoms with E-state index in [9.17, 15) is 13.6 Å². The van der Waals surface area contributed by atoms with Crippen LogP contribution in [-0.4, -0.2) is 49.3 Å². The van der Waals surface area contributed by atoms with Crippen molar-refractivity contribution in [2.75, 3.05) is 26.9 Å². The van der Waals surface area contributed by atoms with Gasteiger partial charge in [0.25, 0.3) is 5.91 Å². The first-order chi connectivity index (χ1) is 21.4. The molecule has 2 N–H and O–H groups in total. The van der Waals surface area contributed by atoms with Gasteiger partial charge in [0.1, 0.15) is 23.1 Å². The summed E-state index contributed by atoms with van der Waals surface area (Å²) in [5.74, 6) is -0.206. The lowest BCUT2D eigenvalue weighted by Crippen LogP contribution is -2.50. The number of nitrogens with one attached hydrogen (secondary N) is 1. The van der Waals surface area contributed by atoms with E-state index in [2.05, 4.69) is 5.32 Å². The predicted molar refractivity (Wildman–Crippen MR) is 163 cm³/mol. The Kier molecular flexibility index (Phi) is 9.86. The standard InChI is InChI=1S/C35H34F2N2O5/c1-42-31-10-5-9-27(21-31)32-35(23-24-7-3-2-4-8-24,34(41)38-16-15-25-19-28(36)22-29(37)20-25)39-33(44-32)26-11-13-30(14-12-26)43-18-6-17-40/h2-5,7-14,19-22,32,40H,6,15-18,23H2,1H3,(H,38,41)/t32-,35-/m1/s1. The van der Waals surface area contributed by atoms with Crippen LogP contribution in [0.1, 0.15) is 34.8 Å². The minimum atomic E-state index is -1.42. The van der Waals surface area contributed by atoms with Crippen LogP contribution in [0.15, 0.2) is 102 Å². The number of aliphatic imine (C=N–C) groups is 1. The predicted octanol–water partition coefficient (Wildman–Crippen LogP) is 5.59. The highest BCUT2D eigenvalue weighted by Crippen LogP contribution is 2.43. The zero-order valence-electron chi connectivity index (χ0n) is 24.3. The van der Waals surface area contributed by atoms with Crippen molar-refractivity contribution in [3.05, 3.63) is 131 Å². The molecule has 0 saturated heterocycles. The van der Waals surface area contributed by atoms with Crippen molar-refractivity contribution in [1.29, 1.82) is 0 Å². The maximum absolute atomic E-state index is 14.3. The third-order valence-electron chi connectivity index (χ3n) is 7.36. The molecule has 4 aromatic carbocycles. The first-order valence-corrected chi connectivity index (χ1v) is 14.4. The first kappa shape index (κ1) is 30.7. The lowest BCUT2D eigenvalue weighted by Gasteiger charge is -2.31. The molecule has 4 aromatic rings. The van der Waals surface area contributed by atoms with E-state index >= 15 is 0 Å². The molecule has 7 nitrogen and oxygen atoms in total. The van der Waals surface area contributed by atoms with E-state index < -0.39 is 23.3 Å². The van der Waals surface area contributed by atoms with Crippen LogP contribution in [0.25, 0.3) is 0 Å². The second kappa shape index (κ2) is 14.1. The smallest absolute Gasteiger partial charge is 0.252 e. The van der Waals surface area contributed by atoms with Crippen LogP contribution >= 0.6 is 0 Å². The van der Waals surface area contributed by atoms with Gasteiger partial charge >= 0.3 is 0 Å². The molecular formula is C35H34F2N2O5. The Hall–Kier alpha value is -4.76. The van der Waals surface area contributed by atoms with E-state index in [1.54, 1.807) is 19.2 Å². The topological polar surface area (TPSA) is 89.4 Å². The number of carbonyl (C=O) groups is 1. The molecule has 0 radical (unpaired) electrons. The number of rotatable bonds is 13. The molecule has 1 aliphatic rings. The molecule has 1 aliphatic heterocycles. The summed E-state index contributed by atoms with van der Waals surface area (Å²) in [6.45, 7) is 0.556. The summed E-state index contributed by atoms with van der Waals surface area (Å²) in [5.41, 5.74) is 1.24. The molecule has 228 valence electrons. The fourth-order valence-electron chi connectivity index (χ4n) is 5.22. The Bertz CT molecular complexity index is 1580. The van der Waals surface area contributed by atoms with Gasteiger partial charge in [0.2, 0.25) is 5.90 Å². The van der Waals surface area contributed by atoms with Crippen molar-refractivity contribution < 1.29 is 32.9 Å². The van der Waals surface area contributed by atoms with Gasteiger partial charge in [0.05, 0.1) is 13.7 Å². The highest BCUT2D eigenvalue weighted by molar-refractivity contribution is 6.01. The highest BCUT2D eigenvalue weighted by Gasteiger charge is 2.53. The van der Waals surface area contributed by atoms with Crippen LogP contribution in [0.3, 0.4) is 0 Å². The zero-order chi connectivity index (χ0) is 30.9. The number of ether oxygens (including phenoxy) is 3. The molecule has 2 atom stereocenters. The van der Waals surface area contributed by atoms with Crippen molar-refractivity contribution in [2.45, 2.75) is 30.9 Å². The van der Waals surface area contributed by atoms with Gasteiger partial charge in [-0.05, 0) is 71.6 Å². The van der Waals surface area contributed by atoms with E-state index in [1.165, 1.54) is 12.1 Å². The number of carbonyl (C=O) groups excluding carboxylic acids is 1. The largest absolute Gasteiger partial charge is 0.497 e. The summed E-state index contributed by atoms with van der Waals surface area (Å²) in [6.07, 6.45) is 0.147. The molecule has 1 heterocycles. The molecule has 0 aromatic heterocycles. The Morgan fingerprint density at radius 3 is 2.39 bits per heavy atom. The number of amides is 1. The Morgan fingerprint density at radius 2 is 1.68 bits per heavy atom. The number of benzene rings is 4. The lowest BCUT2D eigenvalue weighted by molar-refractivity contribution is -0.128. The minimum Gasteiger partial charge on any atom is -0.497 e. The number of hydrogen-bond acceptors (Lipinski definition) is 6. The van der Waals surface area contributed by atoms with E-state index in [0.29, 0.717) is 41.2 Å². The summed E-state index contributed by atoms with van der Waals surface area (Å²) in [5, 5.41) is 12.0. The number of halogens is 2. The van der Waals surface area contributed by atoms with Gasteiger partial charge < -0.3 is 24.6 Å². The molecule has 9 heteroatoms. The quantitative estimate of drug-likeness (QED) is 0.195. The minimum absolute atomic E-state index is 0.0407. The van der Waals surface area contributed by atoms with Gasteiger partial charge in [-0.2, -0.15) is 0 Å². The van der Waals surface area contributed by atoms with Gasteiger partial charge in [0, 0.05) is 37.6 Å². The number of nitrogens with zero attached hydrogens (tertiary/aromatic N) is 1. The molecule has 0 fully saturated rings. The molecule has 5 rings (SSSR count). The van der Waals surface area contributed by atoms with Gasteiger partial charge in [-0.1, -0.05) is 42.5 Å². The summed E-state index contributed by atoms with van der Waals surface area (Å²) in [4.78, 5) is 19.3. The van der Waals surface area contributed by atoms with Crippen LogP contribution in [0.2, 0.25) is 0 Å². The zero-order valence-corrected chi connectivity index (χ0v) is 24.3. The fourth-order valence-corrected chi connectivity index (χ4v) is 5.22. The molecule has 0 bridgehead atoms. The first-order valence-electron chi connectivity index (χ1n) is 14.4. The van der Waals surface area contributed by atoms with E-state index in [0.717, 1.165) is 11.6 Å². The average molecular weight is 601 g/mol. The second-order valence-electron chi connectivity index (χ2n) is 10.5. The van der Waals surface area contributed by atoms with Crippen molar-refractivity contribution >= 4 is 11.8 Å². The number of methoxy groups -OCH3 is 1. The van der Waals surface area contributed by atoms with Crippen molar-refractivity contribution in [3.8, 4) is 11.5 Å². The maximum Gasteiger partial charge on any atom is 0.252 e.